The van der Waals surface area contributed by atoms with Crippen molar-refractivity contribution in [1.29, 1.82) is 0 Å². The highest BCUT2D eigenvalue weighted by atomic mass is 14.7. The summed E-state index contributed by atoms with van der Waals surface area (Å²) in [6.45, 7) is 2.19. The molecule has 0 radical (unpaired) electrons. The van der Waals surface area contributed by atoms with Crippen LogP contribution in [-0.4, -0.2) is 4.98 Å². The van der Waals surface area contributed by atoms with Crippen LogP contribution in [0.2, 0.25) is 0 Å². The predicted molar refractivity (Wildman–Crippen MR) is 80.1 cm³/mol. The van der Waals surface area contributed by atoms with Gasteiger partial charge in [-0.2, -0.15) is 0 Å². The molecule has 0 aliphatic carbocycles. The molecule has 0 bridgehead atoms. The van der Waals surface area contributed by atoms with Crippen molar-refractivity contribution in [2.75, 3.05) is 0 Å². The second-order valence-corrected chi connectivity index (χ2v) is 5.05. The van der Waals surface area contributed by atoms with E-state index in [1.165, 1.54) is 22.0 Å². The molecule has 3 N–H and O–H groups in total. The standard InChI is InChI=1S/C17H18N2/c1-12(17(18)13-5-3-2-4-6-13)14-7-8-16-15(11-14)9-10-19-16/h2-12,17,19H,18H2,1H3. The van der Waals surface area contributed by atoms with E-state index in [0.717, 1.165) is 0 Å². The normalized spacial score (nSPS) is 14.4. The van der Waals surface area contributed by atoms with Crippen molar-refractivity contribution in [3.8, 4) is 0 Å². The van der Waals surface area contributed by atoms with Gasteiger partial charge in [0.15, 0.2) is 0 Å². The molecule has 96 valence electrons. The third-order valence-corrected chi connectivity index (χ3v) is 3.83. The maximum absolute atomic E-state index is 6.38. The van der Waals surface area contributed by atoms with Crippen LogP contribution in [0.3, 0.4) is 0 Å². The van der Waals surface area contributed by atoms with Crippen molar-refractivity contribution in [1.82, 2.24) is 4.98 Å². The van der Waals surface area contributed by atoms with Crippen LogP contribution in [0.5, 0.6) is 0 Å². The average molecular weight is 250 g/mol. The zero-order valence-electron chi connectivity index (χ0n) is 11.0. The summed E-state index contributed by atoms with van der Waals surface area (Å²) in [7, 11) is 0. The van der Waals surface area contributed by atoms with Crippen molar-refractivity contribution in [2.24, 2.45) is 5.73 Å². The van der Waals surface area contributed by atoms with Gasteiger partial charge in [-0.1, -0.05) is 43.3 Å². The lowest BCUT2D eigenvalue weighted by Gasteiger charge is -2.21. The Kier molecular flexibility index (Phi) is 3.10. The van der Waals surface area contributed by atoms with Crippen LogP contribution in [0.4, 0.5) is 0 Å². The van der Waals surface area contributed by atoms with Gasteiger partial charge in [0.25, 0.3) is 0 Å². The van der Waals surface area contributed by atoms with Gasteiger partial charge in [0.1, 0.15) is 0 Å². The molecule has 0 fully saturated rings. The van der Waals surface area contributed by atoms with Gasteiger partial charge in [-0.3, -0.25) is 0 Å². The Labute approximate surface area is 113 Å². The summed E-state index contributed by atoms with van der Waals surface area (Å²) < 4.78 is 0. The van der Waals surface area contributed by atoms with E-state index >= 15 is 0 Å². The summed E-state index contributed by atoms with van der Waals surface area (Å²) in [6, 6.07) is 18.9. The van der Waals surface area contributed by atoms with Gasteiger partial charge in [0.2, 0.25) is 0 Å². The van der Waals surface area contributed by atoms with E-state index in [4.69, 9.17) is 5.73 Å². The molecule has 3 aromatic rings. The topological polar surface area (TPSA) is 41.8 Å². The van der Waals surface area contributed by atoms with Crippen LogP contribution in [0.15, 0.2) is 60.8 Å². The fourth-order valence-corrected chi connectivity index (χ4v) is 2.53. The molecule has 0 aliphatic rings. The van der Waals surface area contributed by atoms with E-state index in [0.29, 0.717) is 5.92 Å². The molecular formula is C17H18N2. The molecule has 0 spiro atoms. The van der Waals surface area contributed by atoms with E-state index < -0.39 is 0 Å². The van der Waals surface area contributed by atoms with Gasteiger partial charge in [-0.25, -0.2) is 0 Å². The maximum atomic E-state index is 6.38. The molecule has 0 saturated heterocycles. The fraction of sp³-hybridized carbons (Fsp3) is 0.176. The number of nitrogens with one attached hydrogen (secondary N) is 1. The molecular weight excluding hydrogens is 232 g/mol. The van der Waals surface area contributed by atoms with Crippen molar-refractivity contribution in [3.63, 3.8) is 0 Å². The Morgan fingerprint density at radius 1 is 0.947 bits per heavy atom. The van der Waals surface area contributed by atoms with Gasteiger partial charge in [0.05, 0.1) is 0 Å². The third-order valence-electron chi connectivity index (χ3n) is 3.83. The summed E-state index contributed by atoms with van der Waals surface area (Å²) in [5.41, 5.74) is 10.0. The van der Waals surface area contributed by atoms with Crippen LogP contribution < -0.4 is 5.73 Å². The number of aromatic amines is 1. The Hall–Kier alpha value is -2.06. The lowest BCUT2D eigenvalue weighted by Crippen LogP contribution is -2.17. The van der Waals surface area contributed by atoms with E-state index in [2.05, 4.69) is 48.3 Å². The first-order chi connectivity index (χ1) is 9.25. The van der Waals surface area contributed by atoms with Crippen LogP contribution in [-0.2, 0) is 0 Å². The zero-order chi connectivity index (χ0) is 13.2. The van der Waals surface area contributed by atoms with Crippen molar-refractivity contribution in [3.05, 3.63) is 71.9 Å². The smallest absolute Gasteiger partial charge is 0.0454 e. The molecule has 3 rings (SSSR count). The highest BCUT2D eigenvalue weighted by Crippen LogP contribution is 2.30. The van der Waals surface area contributed by atoms with Crippen LogP contribution in [0.1, 0.15) is 30.0 Å². The van der Waals surface area contributed by atoms with Gasteiger partial charge < -0.3 is 10.7 Å². The summed E-state index contributed by atoms with van der Waals surface area (Å²) in [5.74, 6) is 0.293. The van der Waals surface area contributed by atoms with Crippen LogP contribution in [0.25, 0.3) is 10.9 Å². The average Bonchev–Trinajstić information content (AvgIpc) is 2.94. The van der Waals surface area contributed by atoms with Crippen molar-refractivity contribution < 1.29 is 0 Å². The van der Waals surface area contributed by atoms with E-state index in [1.54, 1.807) is 0 Å². The number of benzene rings is 2. The summed E-state index contributed by atoms with van der Waals surface area (Å²) in [6.07, 6.45) is 1.97. The van der Waals surface area contributed by atoms with Crippen LogP contribution in [0, 0.1) is 0 Å². The van der Waals surface area contributed by atoms with E-state index in [1.807, 2.05) is 24.4 Å². The van der Waals surface area contributed by atoms with E-state index in [-0.39, 0.29) is 6.04 Å². The molecule has 2 atom stereocenters. The number of hydrogen-bond acceptors (Lipinski definition) is 1. The molecule has 0 aliphatic heterocycles. The minimum Gasteiger partial charge on any atom is -0.361 e. The van der Waals surface area contributed by atoms with Gasteiger partial charge in [-0.05, 0) is 34.7 Å². The molecule has 2 nitrogen and oxygen atoms in total. The summed E-state index contributed by atoms with van der Waals surface area (Å²) >= 11 is 0. The summed E-state index contributed by atoms with van der Waals surface area (Å²) in [5, 5.41) is 1.24. The number of fused-ring (bicyclic) bond motifs is 1. The first-order valence-corrected chi connectivity index (χ1v) is 6.63. The summed E-state index contributed by atoms with van der Waals surface area (Å²) in [4.78, 5) is 3.22. The minimum absolute atomic E-state index is 0.0255. The Morgan fingerprint density at radius 3 is 2.53 bits per heavy atom. The molecule has 1 heterocycles. The molecule has 0 amide bonds. The second-order valence-electron chi connectivity index (χ2n) is 5.05. The highest BCUT2D eigenvalue weighted by molar-refractivity contribution is 5.80. The van der Waals surface area contributed by atoms with E-state index in [9.17, 15) is 0 Å². The zero-order valence-corrected chi connectivity index (χ0v) is 11.0. The van der Waals surface area contributed by atoms with Crippen LogP contribution >= 0.6 is 0 Å². The molecule has 1 aromatic heterocycles. The van der Waals surface area contributed by atoms with Crippen molar-refractivity contribution >= 4 is 10.9 Å². The number of H-pyrrole nitrogens is 1. The minimum atomic E-state index is 0.0255. The molecule has 19 heavy (non-hydrogen) atoms. The van der Waals surface area contributed by atoms with Crippen molar-refractivity contribution in [2.45, 2.75) is 18.9 Å². The fourth-order valence-electron chi connectivity index (χ4n) is 2.53. The molecule has 2 heteroatoms. The monoisotopic (exact) mass is 250 g/mol. The first-order valence-electron chi connectivity index (χ1n) is 6.63. The number of aromatic nitrogens is 1. The first kappa shape index (κ1) is 12.0. The second kappa shape index (κ2) is 4.90. The maximum Gasteiger partial charge on any atom is 0.0454 e. The molecule has 0 saturated carbocycles. The predicted octanol–water partition coefficient (Wildman–Crippen LogP) is 3.97. The van der Waals surface area contributed by atoms with Gasteiger partial charge in [0, 0.05) is 23.7 Å². The Balaban J connectivity index is 1.92. The largest absolute Gasteiger partial charge is 0.361 e. The quantitative estimate of drug-likeness (QED) is 0.725. The number of hydrogen-bond donors (Lipinski definition) is 2. The Bertz CT molecular complexity index is 670. The highest BCUT2D eigenvalue weighted by Gasteiger charge is 2.16. The lowest BCUT2D eigenvalue weighted by molar-refractivity contribution is 0.598. The third kappa shape index (κ3) is 2.27. The number of nitrogens with two attached hydrogens (primary N) is 1. The molecule has 2 unspecified atom stereocenters. The molecule has 2 aromatic carbocycles. The Morgan fingerprint density at radius 2 is 1.74 bits per heavy atom. The lowest BCUT2D eigenvalue weighted by atomic mass is 9.89. The SMILES string of the molecule is CC(c1ccc2[nH]ccc2c1)C(N)c1ccccc1. The number of rotatable bonds is 3. The van der Waals surface area contributed by atoms with Gasteiger partial charge >= 0.3 is 0 Å². The van der Waals surface area contributed by atoms with Gasteiger partial charge in [-0.15, -0.1) is 0 Å².